The maximum Gasteiger partial charge on any atom is 0.303 e. The van der Waals surface area contributed by atoms with Gasteiger partial charge in [-0.15, -0.1) is 0 Å². The molecular formula is C12H21NO5S. The number of hydrogen-bond acceptors (Lipinski definition) is 5. The van der Waals surface area contributed by atoms with E-state index in [1.54, 1.807) is 0 Å². The molecule has 2 fully saturated rings. The Morgan fingerprint density at radius 2 is 2.05 bits per heavy atom. The van der Waals surface area contributed by atoms with Crippen LogP contribution in [0, 0.1) is 5.92 Å². The van der Waals surface area contributed by atoms with Gasteiger partial charge in [-0.2, -0.15) is 0 Å². The zero-order chi connectivity index (χ0) is 14.0. The molecule has 7 heteroatoms. The number of rotatable bonds is 4. The van der Waals surface area contributed by atoms with Crippen LogP contribution in [0.4, 0.5) is 0 Å². The molecule has 3 unspecified atom stereocenters. The summed E-state index contributed by atoms with van der Waals surface area (Å²) in [7, 11) is -3.12. The molecule has 6 nitrogen and oxygen atoms in total. The number of piperidine rings is 1. The third kappa shape index (κ3) is 3.90. The minimum atomic E-state index is -3.12. The Morgan fingerprint density at radius 3 is 2.63 bits per heavy atom. The summed E-state index contributed by atoms with van der Waals surface area (Å²) in [4.78, 5) is 12.6. The van der Waals surface area contributed by atoms with Crippen LogP contribution in [0.2, 0.25) is 0 Å². The number of aliphatic carboxylic acids is 1. The first-order valence-electron chi connectivity index (χ1n) is 6.72. The summed E-state index contributed by atoms with van der Waals surface area (Å²) in [6.07, 6.45) is 1.90. The van der Waals surface area contributed by atoms with Crippen molar-refractivity contribution in [1.82, 2.24) is 4.90 Å². The lowest BCUT2D eigenvalue weighted by molar-refractivity contribution is -0.137. The van der Waals surface area contributed by atoms with Crippen LogP contribution in [-0.4, -0.2) is 66.2 Å². The second kappa shape index (κ2) is 5.76. The number of carbonyl (C=O) groups is 1. The van der Waals surface area contributed by atoms with Gasteiger partial charge in [0.1, 0.15) is 0 Å². The van der Waals surface area contributed by atoms with Gasteiger partial charge < -0.3 is 10.2 Å². The van der Waals surface area contributed by atoms with Gasteiger partial charge in [0.2, 0.25) is 0 Å². The Bertz CT molecular complexity index is 435. The maximum atomic E-state index is 11.5. The fraction of sp³-hybridized carbons (Fsp3) is 0.917. The highest BCUT2D eigenvalue weighted by atomic mass is 32.2. The van der Waals surface area contributed by atoms with E-state index in [-0.39, 0.29) is 24.0 Å². The van der Waals surface area contributed by atoms with Crippen molar-refractivity contribution >= 4 is 15.8 Å². The second-order valence-electron chi connectivity index (χ2n) is 5.65. The molecule has 0 spiro atoms. The number of sulfone groups is 1. The fourth-order valence-corrected chi connectivity index (χ4v) is 4.95. The van der Waals surface area contributed by atoms with Gasteiger partial charge in [0.05, 0.1) is 23.7 Å². The standard InChI is InChI=1S/C12H21NO5S/c14-11-8-19(17,18)7-10(11)13-5-1-2-9(6-13)3-4-12(15)16/h9-11,14H,1-8H2,(H,15,16). The number of hydrogen-bond donors (Lipinski definition) is 2. The molecule has 2 heterocycles. The molecule has 0 aromatic rings. The van der Waals surface area contributed by atoms with Crippen LogP contribution in [0.15, 0.2) is 0 Å². The summed E-state index contributed by atoms with van der Waals surface area (Å²) >= 11 is 0. The minimum Gasteiger partial charge on any atom is -0.481 e. The lowest BCUT2D eigenvalue weighted by atomic mass is 9.92. The van der Waals surface area contributed by atoms with E-state index >= 15 is 0 Å². The van der Waals surface area contributed by atoms with Crippen LogP contribution < -0.4 is 0 Å². The Kier molecular flexibility index (Phi) is 4.47. The van der Waals surface area contributed by atoms with Gasteiger partial charge in [0, 0.05) is 13.0 Å². The third-order valence-electron chi connectivity index (χ3n) is 4.08. The van der Waals surface area contributed by atoms with Crippen molar-refractivity contribution in [3.8, 4) is 0 Å². The van der Waals surface area contributed by atoms with Gasteiger partial charge in [-0.3, -0.25) is 9.69 Å². The number of aliphatic hydroxyl groups excluding tert-OH is 1. The molecule has 0 amide bonds. The summed E-state index contributed by atoms with van der Waals surface area (Å²) in [6.45, 7) is 1.49. The number of likely N-dealkylation sites (tertiary alicyclic amines) is 1. The van der Waals surface area contributed by atoms with Gasteiger partial charge >= 0.3 is 5.97 Å². The molecule has 19 heavy (non-hydrogen) atoms. The topological polar surface area (TPSA) is 94.9 Å². The Balaban J connectivity index is 1.92. The minimum absolute atomic E-state index is 0.0276. The number of carboxylic acids is 1. The van der Waals surface area contributed by atoms with Crippen molar-refractivity contribution in [2.45, 2.75) is 37.8 Å². The van der Waals surface area contributed by atoms with Crippen LogP contribution in [-0.2, 0) is 14.6 Å². The lowest BCUT2D eigenvalue weighted by Crippen LogP contribution is -2.48. The molecule has 2 rings (SSSR count). The van der Waals surface area contributed by atoms with Crippen molar-refractivity contribution in [3.63, 3.8) is 0 Å². The highest BCUT2D eigenvalue weighted by molar-refractivity contribution is 7.91. The second-order valence-corrected chi connectivity index (χ2v) is 7.80. The summed E-state index contributed by atoms with van der Waals surface area (Å²) < 4.78 is 23.1. The smallest absolute Gasteiger partial charge is 0.303 e. The molecule has 0 bridgehead atoms. The highest BCUT2D eigenvalue weighted by Crippen LogP contribution is 2.26. The van der Waals surface area contributed by atoms with Gasteiger partial charge in [0.15, 0.2) is 9.84 Å². The molecule has 0 aromatic carbocycles. The van der Waals surface area contributed by atoms with Gasteiger partial charge in [0.25, 0.3) is 0 Å². The van der Waals surface area contributed by atoms with E-state index in [0.717, 1.165) is 19.4 Å². The largest absolute Gasteiger partial charge is 0.481 e. The van der Waals surface area contributed by atoms with Crippen molar-refractivity contribution in [2.24, 2.45) is 5.92 Å². The van der Waals surface area contributed by atoms with Gasteiger partial charge in [-0.25, -0.2) is 8.42 Å². The van der Waals surface area contributed by atoms with Crippen LogP contribution in [0.25, 0.3) is 0 Å². The van der Waals surface area contributed by atoms with E-state index in [0.29, 0.717) is 18.9 Å². The van der Waals surface area contributed by atoms with Gasteiger partial charge in [-0.05, 0) is 31.7 Å². The first-order valence-corrected chi connectivity index (χ1v) is 8.54. The first-order chi connectivity index (χ1) is 8.87. The lowest BCUT2D eigenvalue weighted by Gasteiger charge is -2.37. The Hall–Kier alpha value is -0.660. The Labute approximate surface area is 113 Å². The number of nitrogens with zero attached hydrogens (tertiary/aromatic N) is 1. The van der Waals surface area contributed by atoms with Crippen LogP contribution in [0.3, 0.4) is 0 Å². The maximum absolute atomic E-state index is 11.5. The van der Waals surface area contributed by atoms with Crippen molar-refractivity contribution < 1.29 is 23.4 Å². The monoisotopic (exact) mass is 291 g/mol. The summed E-state index contributed by atoms with van der Waals surface area (Å²) in [5.41, 5.74) is 0. The zero-order valence-corrected chi connectivity index (χ0v) is 11.7. The Morgan fingerprint density at radius 1 is 1.32 bits per heavy atom. The van der Waals surface area contributed by atoms with Crippen LogP contribution in [0.5, 0.6) is 0 Å². The summed E-state index contributed by atoms with van der Waals surface area (Å²) in [5, 5.41) is 18.6. The van der Waals surface area contributed by atoms with E-state index in [4.69, 9.17) is 5.11 Å². The van der Waals surface area contributed by atoms with E-state index in [2.05, 4.69) is 0 Å². The van der Waals surface area contributed by atoms with E-state index in [9.17, 15) is 18.3 Å². The van der Waals surface area contributed by atoms with Crippen molar-refractivity contribution in [3.05, 3.63) is 0 Å². The van der Waals surface area contributed by atoms with Gasteiger partial charge in [-0.1, -0.05) is 0 Å². The molecule has 0 aliphatic carbocycles. The highest BCUT2D eigenvalue weighted by Gasteiger charge is 2.41. The van der Waals surface area contributed by atoms with Crippen LogP contribution in [0.1, 0.15) is 25.7 Å². The predicted octanol–water partition coefficient (Wildman–Crippen LogP) is -0.279. The summed E-state index contributed by atoms with van der Waals surface area (Å²) in [6, 6.07) is -0.308. The van der Waals surface area contributed by atoms with E-state index < -0.39 is 21.9 Å². The fourth-order valence-electron chi connectivity index (χ4n) is 3.12. The first kappa shape index (κ1) is 14.7. The molecule has 3 atom stereocenters. The van der Waals surface area contributed by atoms with Crippen molar-refractivity contribution in [2.75, 3.05) is 24.6 Å². The van der Waals surface area contributed by atoms with Crippen LogP contribution >= 0.6 is 0 Å². The molecular weight excluding hydrogens is 270 g/mol. The SMILES string of the molecule is O=C(O)CCC1CCCN(C2CS(=O)(=O)CC2O)C1. The molecule has 2 aliphatic heterocycles. The molecule has 0 saturated carbocycles. The number of aliphatic hydroxyl groups is 1. The number of carboxylic acid groups (broad SMARTS) is 1. The zero-order valence-electron chi connectivity index (χ0n) is 10.9. The molecule has 0 aromatic heterocycles. The molecule has 0 radical (unpaired) electrons. The normalized spacial score (nSPS) is 35.3. The average Bonchev–Trinajstić information content (AvgIpc) is 2.61. The average molecular weight is 291 g/mol. The predicted molar refractivity (Wildman–Crippen MR) is 69.6 cm³/mol. The third-order valence-corrected chi connectivity index (χ3v) is 5.78. The molecule has 2 N–H and O–H groups in total. The van der Waals surface area contributed by atoms with E-state index in [1.807, 2.05) is 4.90 Å². The van der Waals surface area contributed by atoms with E-state index in [1.165, 1.54) is 0 Å². The van der Waals surface area contributed by atoms with Crippen molar-refractivity contribution in [1.29, 1.82) is 0 Å². The molecule has 2 saturated heterocycles. The molecule has 110 valence electrons. The summed E-state index contributed by atoms with van der Waals surface area (Å²) in [5.74, 6) is -0.616. The quantitative estimate of drug-likeness (QED) is 0.740. The molecule has 2 aliphatic rings.